The van der Waals surface area contributed by atoms with Crippen molar-refractivity contribution in [2.24, 2.45) is 0 Å². The number of hydrogen-bond acceptors (Lipinski definition) is 3. The highest BCUT2D eigenvalue weighted by atomic mass is 35.5. The first-order chi connectivity index (χ1) is 10.1. The number of halogens is 1. The zero-order valence-electron chi connectivity index (χ0n) is 11.2. The molecule has 1 aliphatic heterocycles. The van der Waals surface area contributed by atoms with Crippen LogP contribution in [0.5, 0.6) is 5.75 Å². The number of aromatic hydroxyl groups is 1. The fraction of sp³-hybridized carbons (Fsp3) is 0.188. The summed E-state index contributed by atoms with van der Waals surface area (Å²) in [7, 11) is 0. The minimum atomic E-state index is -0.483. The zero-order chi connectivity index (χ0) is 15.0. The Bertz CT molecular complexity index is 681. The van der Waals surface area contributed by atoms with E-state index in [-0.39, 0.29) is 35.3 Å². The van der Waals surface area contributed by atoms with Crippen LogP contribution in [0.25, 0.3) is 11.1 Å². The van der Waals surface area contributed by atoms with E-state index in [1.54, 1.807) is 12.1 Å². The van der Waals surface area contributed by atoms with Crippen LogP contribution >= 0.6 is 11.6 Å². The van der Waals surface area contributed by atoms with Crippen LogP contribution in [-0.4, -0.2) is 40.2 Å². The standard InChI is InChI=1S/C16H14ClNO3/c17-14-7-11(10-4-2-1-3-5-10)6-13(15(14)20)16(21)18-8-12(19)9-18/h1-7,12,19-20H,8-9H2. The van der Waals surface area contributed by atoms with Gasteiger partial charge in [0.25, 0.3) is 5.91 Å². The second-order valence-corrected chi connectivity index (χ2v) is 5.49. The van der Waals surface area contributed by atoms with Gasteiger partial charge in [0.05, 0.1) is 16.7 Å². The summed E-state index contributed by atoms with van der Waals surface area (Å²) in [5, 5.41) is 19.5. The van der Waals surface area contributed by atoms with Crippen molar-refractivity contribution < 1.29 is 15.0 Å². The maximum absolute atomic E-state index is 12.3. The fourth-order valence-electron chi connectivity index (χ4n) is 2.35. The molecule has 2 N–H and O–H groups in total. The summed E-state index contributed by atoms with van der Waals surface area (Å²) >= 11 is 6.04. The number of hydrogen-bond donors (Lipinski definition) is 2. The molecule has 0 spiro atoms. The molecule has 2 aromatic rings. The maximum Gasteiger partial charge on any atom is 0.257 e. The van der Waals surface area contributed by atoms with Crippen LogP contribution in [0.4, 0.5) is 0 Å². The molecule has 0 saturated carbocycles. The summed E-state index contributed by atoms with van der Waals surface area (Å²) in [6.45, 7) is 0.566. The summed E-state index contributed by atoms with van der Waals surface area (Å²) in [5.74, 6) is -0.541. The van der Waals surface area contributed by atoms with E-state index in [1.807, 2.05) is 30.3 Å². The Morgan fingerprint density at radius 2 is 1.81 bits per heavy atom. The van der Waals surface area contributed by atoms with Crippen LogP contribution in [0.1, 0.15) is 10.4 Å². The molecule has 0 atom stereocenters. The highest BCUT2D eigenvalue weighted by Crippen LogP contribution is 2.34. The van der Waals surface area contributed by atoms with Crippen LogP contribution < -0.4 is 0 Å². The quantitative estimate of drug-likeness (QED) is 0.896. The molecule has 3 rings (SSSR count). The number of rotatable bonds is 2. The van der Waals surface area contributed by atoms with Crippen molar-refractivity contribution >= 4 is 17.5 Å². The van der Waals surface area contributed by atoms with E-state index in [9.17, 15) is 15.0 Å². The van der Waals surface area contributed by atoms with Crippen LogP contribution in [0, 0.1) is 0 Å². The summed E-state index contributed by atoms with van der Waals surface area (Å²) in [6, 6.07) is 12.8. The van der Waals surface area contributed by atoms with E-state index in [0.717, 1.165) is 11.1 Å². The predicted molar refractivity (Wildman–Crippen MR) is 80.5 cm³/mol. The number of benzene rings is 2. The van der Waals surface area contributed by atoms with Crippen molar-refractivity contribution in [3.05, 3.63) is 53.1 Å². The molecule has 0 radical (unpaired) electrons. The largest absolute Gasteiger partial charge is 0.506 e. The third-order valence-electron chi connectivity index (χ3n) is 3.55. The van der Waals surface area contributed by atoms with Gasteiger partial charge in [0.15, 0.2) is 0 Å². The molecule has 0 bridgehead atoms. The highest BCUT2D eigenvalue weighted by Gasteiger charge is 2.31. The highest BCUT2D eigenvalue weighted by molar-refractivity contribution is 6.33. The monoisotopic (exact) mass is 303 g/mol. The summed E-state index contributed by atoms with van der Waals surface area (Å²) in [5.41, 5.74) is 1.84. The van der Waals surface area contributed by atoms with Gasteiger partial charge in [0.1, 0.15) is 5.75 Å². The molecule has 0 aromatic heterocycles. The first-order valence-corrected chi connectivity index (χ1v) is 6.99. The predicted octanol–water partition coefficient (Wildman–Crippen LogP) is 2.53. The minimum Gasteiger partial charge on any atom is -0.506 e. The van der Waals surface area contributed by atoms with Gasteiger partial charge in [0, 0.05) is 13.1 Å². The van der Waals surface area contributed by atoms with Crippen molar-refractivity contribution in [1.82, 2.24) is 4.90 Å². The average Bonchev–Trinajstić information content (AvgIpc) is 2.47. The fourth-order valence-corrected chi connectivity index (χ4v) is 2.57. The van der Waals surface area contributed by atoms with Crippen molar-refractivity contribution in [2.45, 2.75) is 6.10 Å². The number of aliphatic hydroxyl groups excluding tert-OH is 1. The number of carbonyl (C=O) groups excluding carboxylic acids is 1. The van der Waals surface area contributed by atoms with Crippen molar-refractivity contribution in [2.75, 3.05) is 13.1 Å². The second kappa shape index (κ2) is 5.39. The lowest BCUT2D eigenvalue weighted by Crippen LogP contribution is -2.53. The van der Waals surface area contributed by atoms with Gasteiger partial charge in [-0.2, -0.15) is 0 Å². The Balaban J connectivity index is 2.00. The molecular formula is C16H14ClNO3. The third kappa shape index (κ3) is 2.60. The van der Waals surface area contributed by atoms with Crippen LogP contribution in [-0.2, 0) is 0 Å². The Morgan fingerprint density at radius 1 is 1.14 bits per heavy atom. The van der Waals surface area contributed by atoms with Gasteiger partial charge in [-0.05, 0) is 23.3 Å². The summed E-state index contributed by atoms with van der Waals surface area (Å²) in [4.78, 5) is 13.8. The Labute approximate surface area is 127 Å². The van der Waals surface area contributed by atoms with E-state index in [0.29, 0.717) is 0 Å². The van der Waals surface area contributed by atoms with Crippen molar-refractivity contribution in [1.29, 1.82) is 0 Å². The van der Waals surface area contributed by atoms with Gasteiger partial charge in [-0.3, -0.25) is 4.79 Å². The lowest BCUT2D eigenvalue weighted by atomic mass is 10.0. The minimum absolute atomic E-state index is 0.140. The lowest BCUT2D eigenvalue weighted by molar-refractivity contribution is 0.00571. The Morgan fingerprint density at radius 3 is 2.43 bits per heavy atom. The molecule has 5 heteroatoms. The topological polar surface area (TPSA) is 60.8 Å². The number of amides is 1. The van der Waals surface area contributed by atoms with Gasteiger partial charge >= 0.3 is 0 Å². The average molecular weight is 304 g/mol. The van der Waals surface area contributed by atoms with E-state index < -0.39 is 6.10 Å². The molecule has 2 aromatic carbocycles. The van der Waals surface area contributed by atoms with Gasteiger partial charge in [-0.15, -0.1) is 0 Å². The lowest BCUT2D eigenvalue weighted by Gasteiger charge is -2.36. The number of phenolic OH excluding ortho intramolecular Hbond substituents is 1. The van der Waals surface area contributed by atoms with Gasteiger partial charge in [-0.1, -0.05) is 41.9 Å². The molecule has 0 unspecified atom stereocenters. The number of likely N-dealkylation sites (tertiary alicyclic amines) is 1. The number of phenols is 1. The normalized spacial score (nSPS) is 14.9. The first-order valence-electron chi connectivity index (χ1n) is 6.61. The Hall–Kier alpha value is -2.04. The molecule has 1 amide bonds. The molecule has 108 valence electrons. The van der Waals surface area contributed by atoms with Gasteiger partial charge in [0.2, 0.25) is 0 Å². The van der Waals surface area contributed by atoms with Gasteiger partial charge in [-0.25, -0.2) is 0 Å². The van der Waals surface area contributed by atoms with Crippen LogP contribution in [0.2, 0.25) is 5.02 Å². The molecule has 1 heterocycles. The summed E-state index contributed by atoms with van der Waals surface area (Å²) in [6.07, 6.45) is -0.483. The summed E-state index contributed by atoms with van der Waals surface area (Å²) < 4.78 is 0. The number of aliphatic hydroxyl groups is 1. The SMILES string of the molecule is O=C(c1cc(-c2ccccc2)cc(Cl)c1O)N1CC(O)C1. The van der Waals surface area contributed by atoms with Crippen molar-refractivity contribution in [3.8, 4) is 16.9 Å². The molecule has 1 saturated heterocycles. The zero-order valence-corrected chi connectivity index (χ0v) is 11.9. The number of carbonyl (C=O) groups is 1. The van der Waals surface area contributed by atoms with Crippen LogP contribution in [0.15, 0.2) is 42.5 Å². The smallest absolute Gasteiger partial charge is 0.257 e. The Kier molecular flexibility index (Phi) is 3.57. The van der Waals surface area contributed by atoms with E-state index in [2.05, 4.69) is 0 Å². The first kappa shape index (κ1) is 13.9. The van der Waals surface area contributed by atoms with Crippen molar-refractivity contribution in [3.63, 3.8) is 0 Å². The van der Waals surface area contributed by atoms with Gasteiger partial charge < -0.3 is 15.1 Å². The second-order valence-electron chi connectivity index (χ2n) is 5.08. The van der Waals surface area contributed by atoms with E-state index in [1.165, 1.54) is 4.90 Å². The molecular weight excluding hydrogens is 290 g/mol. The maximum atomic E-state index is 12.3. The van der Waals surface area contributed by atoms with E-state index >= 15 is 0 Å². The number of β-amino-alcohol motifs (C(OH)–C–C–N with tert-alkyl or cyclic N) is 1. The molecule has 4 nitrogen and oxygen atoms in total. The molecule has 21 heavy (non-hydrogen) atoms. The number of nitrogens with zero attached hydrogens (tertiary/aromatic N) is 1. The van der Waals surface area contributed by atoms with E-state index in [4.69, 9.17) is 11.6 Å². The molecule has 0 aliphatic carbocycles. The molecule has 1 aliphatic rings. The third-order valence-corrected chi connectivity index (χ3v) is 3.84. The molecule has 1 fully saturated rings. The van der Waals surface area contributed by atoms with Crippen LogP contribution in [0.3, 0.4) is 0 Å².